The third-order valence-electron chi connectivity index (χ3n) is 5.21. The van der Waals surface area contributed by atoms with Crippen LogP contribution in [0.4, 0.5) is 0 Å². The summed E-state index contributed by atoms with van der Waals surface area (Å²) in [7, 11) is 0. The minimum atomic E-state index is -0.309. The Labute approximate surface area is 197 Å². The summed E-state index contributed by atoms with van der Waals surface area (Å²) in [5, 5.41) is 0. The Morgan fingerprint density at radius 1 is 0.656 bits per heavy atom. The SMILES string of the molecule is BrC1=C[C@@H](OCc2ccccc2)[C@H](OCc2ccccc2)[C@@H](COCc2ccccc2)O1. The summed E-state index contributed by atoms with van der Waals surface area (Å²) in [4.78, 5) is 0. The van der Waals surface area contributed by atoms with E-state index in [1.165, 1.54) is 0 Å². The fourth-order valence-electron chi connectivity index (χ4n) is 3.56. The lowest BCUT2D eigenvalue weighted by Crippen LogP contribution is -2.46. The van der Waals surface area contributed by atoms with E-state index in [9.17, 15) is 0 Å². The highest BCUT2D eigenvalue weighted by molar-refractivity contribution is 9.11. The van der Waals surface area contributed by atoms with Crippen LogP contribution in [0.15, 0.2) is 102 Å². The van der Waals surface area contributed by atoms with Crippen LogP contribution < -0.4 is 0 Å². The Hall–Kier alpha value is -2.44. The Morgan fingerprint density at radius 3 is 1.72 bits per heavy atom. The summed E-state index contributed by atoms with van der Waals surface area (Å²) in [5.74, 6) is 0. The van der Waals surface area contributed by atoms with Crippen molar-refractivity contribution in [2.45, 2.75) is 38.1 Å². The molecule has 0 aromatic heterocycles. The fourth-order valence-corrected chi connectivity index (χ4v) is 4.06. The highest BCUT2D eigenvalue weighted by Gasteiger charge is 2.36. The summed E-state index contributed by atoms with van der Waals surface area (Å²) >= 11 is 3.50. The summed E-state index contributed by atoms with van der Waals surface area (Å²) in [5.41, 5.74) is 3.34. The molecule has 0 radical (unpaired) electrons. The lowest BCUT2D eigenvalue weighted by molar-refractivity contribution is -0.148. The van der Waals surface area contributed by atoms with Crippen LogP contribution in [-0.4, -0.2) is 24.9 Å². The molecular weight excluding hydrogens is 468 g/mol. The molecule has 4 rings (SSSR count). The third kappa shape index (κ3) is 6.78. The molecule has 5 heteroatoms. The number of benzene rings is 3. The molecule has 0 bridgehead atoms. The van der Waals surface area contributed by atoms with Gasteiger partial charge in [-0.05, 0) is 38.7 Å². The van der Waals surface area contributed by atoms with E-state index in [4.69, 9.17) is 18.9 Å². The monoisotopic (exact) mass is 494 g/mol. The first-order chi connectivity index (χ1) is 15.8. The topological polar surface area (TPSA) is 36.9 Å². The van der Waals surface area contributed by atoms with Gasteiger partial charge in [-0.15, -0.1) is 0 Å². The standard InChI is InChI=1S/C27H27BrO4/c28-26-16-24(30-18-22-12-6-2-7-13-22)27(31-19-23-14-8-3-9-15-23)25(32-26)20-29-17-21-10-4-1-5-11-21/h1-16,24-25,27H,17-20H2/t24-,25-,27+/m1/s1. The number of rotatable bonds is 10. The molecule has 1 heterocycles. The van der Waals surface area contributed by atoms with Gasteiger partial charge >= 0.3 is 0 Å². The molecule has 3 atom stereocenters. The molecule has 1 aliphatic heterocycles. The van der Waals surface area contributed by atoms with Crippen LogP contribution in [0, 0.1) is 0 Å². The molecule has 3 aromatic carbocycles. The van der Waals surface area contributed by atoms with Crippen LogP contribution in [0.3, 0.4) is 0 Å². The largest absolute Gasteiger partial charge is 0.479 e. The molecule has 0 N–H and O–H groups in total. The Morgan fingerprint density at radius 2 is 1.16 bits per heavy atom. The summed E-state index contributed by atoms with van der Waals surface area (Å²) in [6.07, 6.45) is 1.04. The molecule has 0 aliphatic carbocycles. The van der Waals surface area contributed by atoms with Crippen molar-refractivity contribution in [3.8, 4) is 0 Å². The van der Waals surface area contributed by atoms with Crippen molar-refractivity contribution < 1.29 is 18.9 Å². The minimum Gasteiger partial charge on any atom is -0.479 e. The molecular formula is C27H27BrO4. The van der Waals surface area contributed by atoms with Gasteiger partial charge in [-0.1, -0.05) is 91.0 Å². The van der Waals surface area contributed by atoms with E-state index in [2.05, 4.69) is 40.2 Å². The van der Waals surface area contributed by atoms with Gasteiger partial charge < -0.3 is 18.9 Å². The Balaban J connectivity index is 1.43. The Bertz CT molecular complexity index is 963. The highest BCUT2D eigenvalue weighted by Crippen LogP contribution is 2.28. The van der Waals surface area contributed by atoms with E-state index >= 15 is 0 Å². The molecule has 0 unspecified atom stereocenters. The molecule has 4 nitrogen and oxygen atoms in total. The van der Waals surface area contributed by atoms with Crippen molar-refractivity contribution in [2.24, 2.45) is 0 Å². The summed E-state index contributed by atoms with van der Waals surface area (Å²) in [6, 6.07) is 30.4. The highest BCUT2D eigenvalue weighted by atomic mass is 79.9. The van der Waals surface area contributed by atoms with Gasteiger partial charge in [-0.25, -0.2) is 0 Å². The van der Waals surface area contributed by atoms with E-state index in [0.29, 0.717) is 31.1 Å². The van der Waals surface area contributed by atoms with Crippen molar-refractivity contribution in [1.82, 2.24) is 0 Å². The van der Waals surface area contributed by atoms with Crippen molar-refractivity contribution in [3.05, 3.63) is 118 Å². The van der Waals surface area contributed by atoms with Gasteiger partial charge in [0, 0.05) is 0 Å². The van der Waals surface area contributed by atoms with Crippen LogP contribution in [0.25, 0.3) is 0 Å². The molecule has 0 saturated heterocycles. The maximum Gasteiger partial charge on any atom is 0.161 e. The summed E-state index contributed by atoms with van der Waals surface area (Å²) < 4.78 is 25.3. The van der Waals surface area contributed by atoms with Gasteiger partial charge in [0.05, 0.1) is 26.4 Å². The number of hydrogen-bond acceptors (Lipinski definition) is 4. The van der Waals surface area contributed by atoms with Crippen LogP contribution in [-0.2, 0) is 38.8 Å². The van der Waals surface area contributed by atoms with Crippen molar-refractivity contribution in [1.29, 1.82) is 0 Å². The maximum absolute atomic E-state index is 6.34. The van der Waals surface area contributed by atoms with Gasteiger partial charge in [-0.3, -0.25) is 0 Å². The quantitative estimate of drug-likeness (QED) is 0.345. The first-order valence-corrected chi connectivity index (χ1v) is 11.5. The number of ether oxygens (including phenoxy) is 4. The second-order valence-electron chi connectivity index (χ2n) is 7.65. The fraction of sp³-hybridized carbons (Fsp3) is 0.259. The number of halogens is 1. The average Bonchev–Trinajstić information content (AvgIpc) is 2.84. The maximum atomic E-state index is 6.34. The molecule has 0 amide bonds. The third-order valence-corrected chi connectivity index (χ3v) is 5.66. The average molecular weight is 495 g/mol. The van der Waals surface area contributed by atoms with Crippen LogP contribution in [0.1, 0.15) is 16.7 Å². The molecule has 32 heavy (non-hydrogen) atoms. The second-order valence-corrected chi connectivity index (χ2v) is 8.43. The van der Waals surface area contributed by atoms with Crippen LogP contribution in [0.2, 0.25) is 0 Å². The predicted octanol–water partition coefficient (Wildman–Crippen LogP) is 6.01. The molecule has 1 aliphatic rings. The zero-order valence-electron chi connectivity index (χ0n) is 17.8. The van der Waals surface area contributed by atoms with E-state index in [-0.39, 0.29) is 18.3 Å². The van der Waals surface area contributed by atoms with Crippen LogP contribution in [0.5, 0.6) is 0 Å². The predicted molar refractivity (Wildman–Crippen MR) is 128 cm³/mol. The van der Waals surface area contributed by atoms with Crippen molar-refractivity contribution in [2.75, 3.05) is 6.61 Å². The molecule has 3 aromatic rings. The normalized spacial score (nSPS) is 20.4. The van der Waals surface area contributed by atoms with E-state index in [0.717, 1.165) is 16.7 Å². The van der Waals surface area contributed by atoms with Crippen LogP contribution >= 0.6 is 15.9 Å². The minimum absolute atomic E-state index is 0.271. The smallest absolute Gasteiger partial charge is 0.161 e. The van der Waals surface area contributed by atoms with Gasteiger partial charge in [0.1, 0.15) is 12.2 Å². The lowest BCUT2D eigenvalue weighted by atomic mass is 10.1. The van der Waals surface area contributed by atoms with Gasteiger partial charge in [0.15, 0.2) is 10.8 Å². The van der Waals surface area contributed by atoms with E-state index in [1.807, 2.05) is 72.8 Å². The van der Waals surface area contributed by atoms with Gasteiger partial charge in [0.25, 0.3) is 0 Å². The van der Waals surface area contributed by atoms with E-state index < -0.39 is 0 Å². The zero-order valence-corrected chi connectivity index (χ0v) is 19.4. The first-order valence-electron chi connectivity index (χ1n) is 10.7. The molecule has 0 spiro atoms. The molecule has 0 saturated carbocycles. The van der Waals surface area contributed by atoms with Crippen molar-refractivity contribution in [3.63, 3.8) is 0 Å². The Kier molecular flexibility index (Phi) is 8.51. The lowest BCUT2D eigenvalue weighted by Gasteiger charge is -2.36. The molecule has 0 fully saturated rings. The first kappa shape index (κ1) is 22.7. The van der Waals surface area contributed by atoms with Gasteiger partial charge in [0.2, 0.25) is 0 Å². The molecule has 166 valence electrons. The van der Waals surface area contributed by atoms with Crippen molar-refractivity contribution >= 4 is 15.9 Å². The van der Waals surface area contributed by atoms with Gasteiger partial charge in [-0.2, -0.15) is 0 Å². The van der Waals surface area contributed by atoms with E-state index in [1.54, 1.807) is 0 Å². The second kappa shape index (κ2) is 12.0. The summed E-state index contributed by atoms with van der Waals surface area (Å²) in [6.45, 7) is 1.87. The zero-order chi connectivity index (χ0) is 22.0. The number of hydrogen-bond donors (Lipinski definition) is 0.